The van der Waals surface area contributed by atoms with Crippen molar-refractivity contribution in [1.29, 1.82) is 0 Å². The van der Waals surface area contributed by atoms with Crippen LogP contribution >= 0.6 is 11.6 Å². The first kappa shape index (κ1) is 19.5. The lowest BCUT2D eigenvalue weighted by Crippen LogP contribution is -2.25. The molecule has 0 unspecified atom stereocenters. The topological polar surface area (TPSA) is 49.8 Å². The third-order valence-electron chi connectivity index (χ3n) is 4.55. The zero-order chi connectivity index (χ0) is 19.4. The van der Waals surface area contributed by atoms with Crippen LogP contribution in [0.1, 0.15) is 48.2 Å². The van der Waals surface area contributed by atoms with Gasteiger partial charge in [-0.25, -0.2) is 0 Å². The Kier molecular flexibility index (Phi) is 6.19. The van der Waals surface area contributed by atoms with E-state index < -0.39 is 0 Å². The molecule has 2 aromatic carbocycles. The fourth-order valence-corrected chi connectivity index (χ4v) is 3.41. The highest BCUT2D eigenvalue weighted by Crippen LogP contribution is 2.40. The van der Waals surface area contributed by atoms with Crippen LogP contribution in [0, 0.1) is 0 Å². The summed E-state index contributed by atoms with van der Waals surface area (Å²) in [7, 11) is 0. The molecule has 1 aliphatic rings. The molecule has 3 rings (SSSR count). The summed E-state index contributed by atoms with van der Waals surface area (Å²) < 4.78 is 5.91. The van der Waals surface area contributed by atoms with Gasteiger partial charge in [-0.15, -0.1) is 0 Å². The summed E-state index contributed by atoms with van der Waals surface area (Å²) in [5.41, 5.74) is 2.00. The second-order valence-electron chi connectivity index (χ2n) is 6.71. The van der Waals surface area contributed by atoms with Gasteiger partial charge in [-0.2, -0.15) is 0 Å². The Hall–Kier alpha value is -2.30. The van der Waals surface area contributed by atoms with E-state index in [0.29, 0.717) is 28.4 Å². The van der Waals surface area contributed by atoms with Crippen molar-refractivity contribution in [2.24, 2.45) is 0 Å². The molecule has 0 radical (unpaired) electrons. The van der Waals surface area contributed by atoms with E-state index in [9.17, 15) is 9.90 Å². The molecule has 142 valence electrons. The van der Waals surface area contributed by atoms with Gasteiger partial charge in [0.1, 0.15) is 11.5 Å². The molecule has 1 aliphatic heterocycles. The lowest BCUT2D eigenvalue weighted by atomic mass is 10.0. The number of rotatable bonds is 7. The van der Waals surface area contributed by atoms with Gasteiger partial charge in [-0.3, -0.25) is 9.69 Å². The maximum Gasteiger partial charge on any atom is 0.231 e. The molecular formula is C22H24ClNO3. The molecule has 0 saturated carbocycles. The molecular weight excluding hydrogens is 362 g/mol. The first-order valence-electron chi connectivity index (χ1n) is 9.30. The highest BCUT2D eigenvalue weighted by atomic mass is 35.5. The van der Waals surface area contributed by atoms with Gasteiger partial charge in [0.05, 0.1) is 11.1 Å². The van der Waals surface area contributed by atoms with Gasteiger partial charge < -0.3 is 9.84 Å². The van der Waals surface area contributed by atoms with Gasteiger partial charge >= 0.3 is 0 Å². The number of benzene rings is 2. The predicted octanol–water partition coefficient (Wildman–Crippen LogP) is 5.28. The van der Waals surface area contributed by atoms with E-state index in [1.807, 2.05) is 12.1 Å². The van der Waals surface area contributed by atoms with Crippen molar-refractivity contribution >= 4 is 23.5 Å². The maximum absolute atomic E-state index is 12.8. The second-order valence-corrected chi connectivity index (χ2v) is 7.14. The van der Waals surface area contributed by atoms with Crippen molar-refractivity contribution < 1.29 is 14.6 Å². The number of nitrogens with zero attached hydrogens (tertiary/aromatic N) is 1. The van der Waals surface area contributed by atoms with Gasteiger partial charge in [0, 0.05) is 11.6 Å². The lowest BCUT2D eigenvalue weighted by Gasteiger charge is -2.22. The van der Waals surface area contributed by atoms with E-state index in [1.165, 1.54) is 0 Å². The molecule has 2 aromatic rings. The Balaban J connectivity index is 1.92. The second kappa shape index (κ2) is 8.59. The number of halogens is 1. The third kappa shape index (κ3) is 4.34. The van der Waals surface area contributed by atoms with Crippen molar-refractivity contribution in [3.8, 4) is 11.5 Å². The molecule has 0 aliphatic carbocycles. The minimum Gasteiger partial charge on any atom is -0.507 e. The van der Waals surface area contributed by atoms with E-state index >= 15 is 0 Å². The fourth-order valence-electron chi connectivity index (χ4n) is 3.29. The molecule has 5 heteroatoms. The van der Waals surface area contributed by atoms with Gasteiger partial charge in [0.2, 0.25) is 5.78 Å². The zero-order valence-corrected chi connectivity index (χ0v) is 16.4. The molecule has 0 spiro atoms. The number of carbonyl (C=O) groups excluding carboxylic acids is 1. The van der Waals surface area contributed by atoms with Gasteiger partial charge in [0.15, 0.2) is 5.76 Å². The van der Waals surface area contributed by atoms with Crippen LogP contribution < -0.4 is 4.74 Å². The number of hydrogen-bond acceptors (Lipinski definition) is 4. The molecule has 1 heterocycles. The fraction of sp³-hybridized carbons (Fsp3) is 0.318. The highest BCUT2D eigenvalue weighted by molar-refractivity contribution is 6.30. The Labute approximate surface area is 165 Å². The number of phenols is 1. The molecule has 0 bridgehead atoms. The number of Topliss-reactive ketones (excluding diaryl/α,β-unsaturated/α-hetero) is 1. The van der Waals surface area contributed by atoms with Crippen LogP contribution in [-0.2, 0) is 6.54 Å². The van der Waals surface area contributed by atoms with Crippen molar-refractivity contribution in [3.05, 3.63) is 63.9 Å². The number of ether oxygens (including phenoxy) is 1. The Morgan fingerprint density at radius 2 is 1.74 bits per heavy atom. The van der Waals surface area contributed by atoms with E-state index in [2.05, 4.69) is 18.7 Å². The number of carbonyl (C=O) groups is 1. The zero-order valence-electron chi connectivity index (χ0n) is 15.7. The number of ketones is 1. The number of allylic oxidation sites excluding steroid dienone is 1. The number of fused-ring (bicyclic) bond motifs is 1. The average Bonchev–Trinajstić information content (AvgIpc) is 2.96. The Bertz CT molecular complexity index is 853. The first-order chi connectivity index (χ1) is 13.0. The molecule has 0 amide bonds. The smallest absolute Gasteiger partial charge is 0.231 e. The predicted molar refractivity (Wildman–Crippen MR) is 108 cm³/mol. The normalized spacial score (nSPS) is 14.7. The van der Waals surface area contributed by atoms with E-state index in [-0.39, 0.29) is 17.3 Å². The van der Waals surface area contributed by atoms with E-state index in [1.54, 1.807) is 30.3 Å². The van der Waals surface area contributed by atoms with Gasteiger partial charge in [0.25, 0.3) is 0 Å². The minimum atomic E-state index is -0.168. The highest BCUT2D eigenvalue weighted by Gasteiger charge is 2.31. The van der Waals surface area contributed by atoms with Crippen molar-refractivity contribution in [2.45, 2.75) is 33.2 Å². The monoisotopic (exact) mass is 385 g/mol. The van der Waals surface area contributed by atoms with Gasteiger partial charge in [-0.1, -0.05) is 37.6 Å². The lowest BCUT2D eigenvalue weighted by molar-refractivity contribution is 0.101. The largest absolute Gasteiger partial charge is 0.507 e. The quantitative estimate of drug-likeness (QED) is 0.658. The molecule has 0 aromatic heterocycles. The maximum atomic E-state index is 12.8. The molecule has 0 fully saturated rings. The molecule has 0 saturated heterocycles. The molecule has 4 nitrogen and oxygen atoms in total. The van der Waals surface area contributed by atoms with Crippen LogP contribution in [0.3, 0.4) is 0 Å². The molecule has 1 N–H and O–H groups in total. The first-order valence-corrected chi connectivity index (χ1v) is 9.68. The average molecular weight is 386 g/mol. The van der Waals surface area contributed by atoms with Crippen molar-refractivity contribution in [2.75, 3.05) is 13.1 Å². The summed E-state index contributed by atoms with van der Waals surface area (Å²) in [5, 5.41) is 11.0. The minimum absolute atomic E-state index is 0.159. The summed E-state index contributed by atoms with van der Waals surface area (Å²) in [5.74, 6) is 0.722. The summed E-state index contributed by atoms with van der Waals surface area (Å²) in [6.07, 6.45) is 3.75. The number of hydrogen-bond donors (Lipinski definition) is 1. The molecule has 0 atom stereocenters. The van der Waals surface area contributed by atoms with Crippen LogP contribution in [-0.4, -0.2) is 28.9 Å². The SMILES string of the molecule is CCCN(CCC)Cc1c(O)ccc2c1O/C(=C/c1ccc(Cl)cc1)C2=O. The van der Waals surface area contributed by atoms with Crippen LogP contribution in [0.2, 0.25) is 5.02 Å². The number of phenolic OH excluding ortho intramolecular Hbond substituents is 1. The third-order valence-corrected chi connectivity index (χ3v) is 4.80. The summed E-state index contributed by atoms with van der Waals surface area (Å²) in [4.78, 5) is 15.0. The summed E-state index contributed by atoms with van der Waals surface area (Å²) in [6.45, 7) is 6.67. The Morgan fingerprint density at radius 1 is 1.07 bits per heavy atom. The van der Waals surface area contributed by atoms with Crippen LogP contribution in [0.4, 0.5) is 0 Å². The van der Waals surface area contributed by atoms with Crippen molar-refractivity contribution in [3.63, 3.8) is 0 Å². The van der Waals surface area contributed by atoms with Crippen LogP contribution in [0.15, 0.2) is 42.2 Å². The number of aromatic hydroxyl groups is 1. The Morgan fingerprint density at radius 3 is 2.37 bits per heavy atom. The van der Waals surface area contributed by atoms with E-state index in [4.69, 9.17) is 16.3 Å². The van der Waals surface area contributed by atoms with Crippen LogP contribution in [0.5, 0.6) is 11.5 Å². The van der Waals surface area contributed by atoms with E-state index in [0.717, 1.165) is 31.5 Å². The van der Waals surface area contributed by atoms with Gasteiger partial charge in [-0.05, 0) is 61.8 Å². The standard InChI is InChI=1S/C22H24ClNO3/c1-3-11-24(12-4-2)14-18-19(25)10-9-17-21(26)20(27-22(17)18)13-15-5-7-16(23)8-6-15/h5-10,13,25H,3-4,11-12,14H2,1-2H3/b20-13+. The summed E-state index contributed by atoms with van der Waals surface area (Å²) in [6, 6.07) is 10.4. The van der Waals surface area contributed by atoms with Crippen molar-refractivity contribution in [1.82, 2.24) is 4.90 Å². The van der Waals surface area contributed by atoms with Crippen LogP contribution in [0.25, 0.3) is 6.08 Å². The molecule has 27 heavy (non-hydrogen) atoms. The summed E-state index contributed by atoms with van der Waals surface area (Å²) >= 11 is 5.92.